The molecule has 5 nitrogen and oxygen atoms in total. The molecule has 0 aliphatic carbocycles. The molecule has 2 fully saturated rings. The highest BCUT2D eigenvalue weighted by molar-refractivity contribution is 5.79. The van der Waals surface area contributed by atoms with E-state index in [1.165, 1.54) is 30.5 Å². The summed E-state index contributed by atoms with van der Waals surface area (Å²) >= 11 is 0. The fraction of sp³-hybridized carbons (Fsp3) is 0.519. The third-order valence-corrected chi connectivity index (χ3v) is 6.96. The number of likely N-dealkylation sites (tertiary alicyclic amines) is 2. The van der Waals surface area contributed by atoms with Crippen molar-refractivity contribution in [3.63, 3.8) is 0 Å². The van der Waals surface area contributed by atoms with E-state index in [1.54, 1.807) is 12.1 Å². The molecule has 2 aromatic carbocycles. The fourth-order valence-corrected chi connectivity index (χ4v) is 5.21. The molecule has 2 aromatic rings. The van der Waals surface area contributed by atoms with Gasteiger partial charge in [-0.25, -0.2) is 4.39 Å². The van der Waals surface area contributed by atoms with Crippen LogP contribution in [0.2, 0.25) is 0 Å². The van der Waals surface area contributed by atoms with Crippen LogP contribution < -0.4 is 10.1 Å². The van der Waals surface area contributed by atoms with Gasteiger partial charge < -0.3 is 15.0 Å². The molecule has 2 saturated heterocycles. The van der Waals surface area contributed by atoms with E-state index in [1.807, 2.05) is 18.2 Å². The number of nitrogens with one attached hydrogen (secondary N) is 1. The Bertz CT molecular complexity index is 894. The van der Waals surface area contributed by atoms with Crippen molar-refractivity contribution in [2.24, 2.45) is 11.8 Å². The molecule has 1 N–H and O–H groups in total. The molecule has 0 radical (unpaired) electrons. The summed E-state index contributed by atoms with van der Waals surface area (Å²) < 4.78 is 19.4. The second-order valence-corrected chi connectivity index (χ2v) is 9.60. The molecule has 1 unspecified atom stereocenters. The summed E-state index contributed by atoms with van der Waals surface area (Å²) in [6, 6.07) is 17.2. The maximum absolute atomic E-state index is 13.5. The van der Waals surface area contributed by atoms with Gasteiger partial charge in [0.1, 0.15) is 11.6 Å². The van der Waals surface area contributed by atoms with Gasteiger partial charge in [-0.15, -0.1) is 0 Å². The fourth-order valence-electron chi connectivity index (χ4n) is 5.21. The average molecular weight is 454 g/mol. The van der Waals surface area contributed by atoms with Crippen LogP contribution in [0.3, 0.4) is 0 Å². The maximum atomic E-state index is 13.5. The molecule has 0 aromatic heterocycles. The monoisotopic (exact) mass is 453 g/mol. The van der Waals surface area contributed by atoms with Crippen LogP contribution >= 0.6 is 0 Å². The predicted octanol–water partition coefficient (Wildman–Crippen LogP) is 3.94. The van der Waals surface area contributed by atoms with Crippen LogP contribution in [0.4, 0.5) is 4.39 Å². The van der Waals surface area contributed by atoms with Crippen molar-refractivity contribution in [2.45, 2.75) is 38.3 Å². The van der Waals surface area contributed by atoms with E-state index in [9.17, 15) is 9.18 Å². The lowest BCUT2D eigenvalue weighted by Crippen LogP contribution is -2.47. The number of carbonyl (C=O) groups is 1. The Morgan fingerprint density at radius 3 is 2.76 bits per heavy atom. The molecule has 2 aliphatic heterocycles. The lowest BCUT2D eigenvalue weighted by atomic mass is 9.88. The van der Waals surface area contributed by atoms with Crippen LogP contribution in [0.25, 0.3) is 0 Å². The van der Waals surface area contributed by atoms with Crippen molar-refractivity contribution in [1.82, 2.24) is 15.1 Å². The van der Waals surface area contributed by atoms with Crippen LogP contribution in [0.15, 0.2) is 54.6 Å². The highest BCUT2D eigenvalue weighted by Gasteiger charge is 2.32. The summed E-state index contributed by atoms with van der Waals surface area (Å²) in [6.07, 6.45) is 4.27. The molecule has 33 heavy (non-hydrogen) atoms. The first-order valence-electron chi connectivity index (χ1n) is 12.2. The third kappa shape index (κ3) is 7.02. The molecule has 1 amide bonds. The molecule has 3 atom stereocenters. The predicted molar refractivity (Wildman–Crippen MR) is 128 cm³/mol. The molecule has 0 spiro atoms. The molecule has 6 heteroatoms. The van der Waals surface area contributed by atoms with Gasteiger partial charge in [0.2, 0.25) is 5.91 Å². The van der Waals surface area contributed by atoms with Crippen LogP contribution in [0.5, 0.6) is 5.75 Å². The number of nitrogens with zero attached hydrogens (tertiary/aromatic N) is 2. The second kappa shape index (κ2) is 11.6. The zero-order valence-corrected chi connectivity index (χ0v) is 19.6. The lowest BCUT2D eigenvalue weighted by Gasteiger charge is -2.37. The average Bonchev–Trinajstić information content (AvgIpc) is 3.23. The Hall–Kier alpha value is -2.44. The molecular weight excluding hydrogens is 417 g/mol. The van der Waals surface area contributed by atoms with Gasteiger partial charge in [0.25, 0.3) is 0 Å². The number of hydrogen-bond acceptors (Lipinski definition) is 4. The zero-order valence-electron chi connectivity index (χ0n) is 19.6. The van der Waals surface area contributed by atoms with Crippen molar-refractivity contribution < 1.29 is 13.9 Å². The Kier molecular flexibility index (Phi) is 8.35. The molecule has 178 valence electrons. The van der Waals surface area contributed by atoms with Crippen molar-refractivity contribution >= 4 is 5.91 Å². The summed E-state index contributed by atoms with van der Waals surface area (Å²) in [4.78, 5) is 17.8. The summed E-state index contributed by atoms with van der Waals surface area (Å²) in [6.45, 7) is 4.79. The van der Waals surface area contributed by atoms with Gasteiger partial charge in [-0.2, -0.15) is 0 Å². The normalized spacial score (nSPS) is 24.0. The van der Waals surface area contributed by atoms with Gasteiger partial charge in [0, 0.05) is 44.2 Å². The standard InChI is InChI=1S/C27H36FN3O2/c1-30-14-6-10-25(30)12-13-29-27(32)23-15-22(20-33-26-11-5-9-24(28)16-26)18-31(19-23)17-21-7-3-2-4-8-21/h2-5,7-9,11,16,22-23,25H,6,10,12-15,17-20H2,1H3,(H,29,32)/t22-,23+,25?/m0/s1. The van der Waals surface area contributed by atoms with Gasteiger partial charge in [-0.3, -0.25) is 9.69 Å². The Morgan fingerprint density at radius 2 is 2.00 bits per heavy atom. The summed E-state index contributed by atoms with van der Waals surface area (Å²) in [5.41, 5.74) is 1.24. The topological polar surface area (TPSA) is 44.8 Å². The number of amides is 1. The van der Waals surface area contributed by atoms with Gasteiger partial charge in [-0.05, 0) is 57.0 Å². The van der Waals surface area contributed by atoms with Crippen molar-refractivity contribution in [3.8, 4) is 5.75 Å². The minimum atomic E-state index is -0.299. The van der Waals surface area contributed by atoms with Crippen molar-refractivity contribution in [3.05, 3.63) is 66.0 Å². The van der Waals surface area contributed by atoms with Gasteiger partial charge >= 0.3 is 0 Å². The van der Waals surface area contributed by atoms with E-state index in [0.29, 0.717) is 18.4 Å². The Balaban J connectivity index is 1.34. The zero-order chi connectivity index (χ0) is 23.0. The van der Waals surface area contributed by atoms with E-state index in [0.717, 1.165) is 45.6 Å². The number of benzene rings is 2. The Labute approximate surface area is 196 Å². The number of halogens is 1. The number of rotatable bonds is 9. The molecule has 2 aliphatic rings. The van der Waals surface area contributed by atoms with Gasteiger partial charge in [0.05, 0.1) is 12.5 Å². The number of piperidine rings is 1. The van der Waals surface area contributed by atoms with Gasteiger partial charge in [-0.1, -0.05) is 36.4 Å². The molecular formula is C27H36FN3O2. The molecule has 0 saturated carbocycles. The Morgan fingerprint density at radius 1 is 1.15 bits per heavy atom. The lowest BCUT2D eigenvalue weighted by molar-refractivity contribution is -0.127. The van der Waals surface area contributed by atoms with E-state index >= 15 is 0 Å². The second-order valence-electron chi connectivity index (χ2n) is 9.60. The van der Waals surface area contributed by atoms with Crippen LogP contribution in [-0.2, 0) is 11.3 Å². The van der Waals surface area contributed by atoms with Crippen LogP contribution in [0, 0.1) is 17.7 Å². The minimum absolute atomic E-state index is 0.0649. The van der Waals surface area contributed by atoms with E-state index in [-0.39, 0.29) is 23.6 Å². The van der Waals surface area contributed by atoms with Crippen molar-refractivity contribution in [2.75, 3.05) is 39.8 Å². The van der Waals surface area contributed by atoms with E-state index in [2.05, 4.69) is 34.3 Å². The van der Waals surface area contributed by atoms with E-state index < -0.39 is 0 Å². The van der Waals surface area contributed by atoms with Gasteiger partial charge in [0.15, 0.2) is 0 Å². The first-order valence-corrected chi connectivity index (χ1v) is 12.2. The number of carbonyl (C=O) groups excluding carboxylic acids is 1. The first kappa shape index (κ1) is 23.7. The smallest absolute Gasteiger partial charge is 0.224 e. The SMILES string of the molecule is CN1CCCC1CCNC(=O)[C@@H]1C[C@H](COc2cccc(F)c2)CN(Cc2ccccc2)C1. The molecule has 0 bridgehead atoms. The van der Waals surface area contributed by atoms with Crippen LogP contribution in [0.1, 0.15) is 31.2 Å². The summed E-state index contributed by atoms with van der Waals surface area (Å²) in [7, 11) is 2.17. The van der Waals surface area contributed by atoms with Crippen LogP contribution in [-0.4, -0.2) is 61.6 Å². The largest absolute Gasteiger partial charge is 0.493 e. The first-order chi connectivity index (χ1) is 16.1. The molecule has 4 rings (SSSR count). The van der Waals surface area contributed by atoms with Crippen molar-refractivity contribution in [1.29, 1.82) is 0 Å². The maximum Gasteiger partial charge on any atom is 0.224 e. The van der Waals surface area contributed by atoms with E-state index in [4.69, 9.17) is 4.74 Å². The summed E-state index contributed by atoms with van der Waals surface area (Å²) in [5.74, 6) is 0.528. The third-order valence-electron chi connectivity index (χ3n) is 6.96. The summed E-state index contributed by atoms with van der Waals surface area (Å²) in [5, 5.41) is 3.20. The quantitative estimate of drug-likeness (QED) is 0.625. The minimum Gasteiger partial charge on any atom is -0.493 e. The molecule has 2 heterocycles. The number of ether oxygens (including phenoxy) is 1. The highest BCUT2D eigenvalue weighted by atomic mass is 19.1. The highest BCUT2D eigenvalue weighted by Crippen LogP contribution is 2.25. The number of hydrogen-bond donors (Lipinski definition) is 1.